The minimum atomic E-state index is -0.827. The van der Waals surface area contributed by atoms with E-state index in [-0.39, 0.29) is 5.92 Å². The summed E-state index contributed by atoms with van der Waals surface area (Å²) >= 11 is 6.14. The van der Waals surface area contributed by atoms with Crippen LogP contribution in [0.15, 0.2) is 48.5 Å². The SMILES string of the molecule is CC(C)c1nc(Nc2cccc(Cl)c2)cc(N2CCc3cc(C(C)(C)O)ccc3C2)n1. The molecule has 0 bridgehead atoms. The van der Waals surface area contributed by atoms with Gasteiger partial charge < -0.3 is 15.3 Å². The summed E-state index contributed by atoms with van der Waals surface area (Å²) in [4.78, 5) is 11.9. The van der Waals surface area contributed by atoms with Crippen LogP contribution < -0.4 is 10.2 Å². The number of nitrogens with one attached hydrogen (secondary N) is 1. The number of aliphatic hydroxyl groups is 1. The van der Waals surface area contributed by atoms with Crippen LogP contribution in [0.1, 0.15) is 56.1 Å². The predicted octanol–water partition coefficient (Wildman–Crippen LogP) is 5.79. The van der Waals surface area contributed by atoms with Gasteiger partial charge in [0.15, 0.2) is 0 Å². The lowest BCUT2D eigenvalue weighted by Crippen LogP contribution is -2.32. The van der Waals surface area contributed by atoms with E-state index in [0.29, 0.717) is 5.02 Å². The highest BCUT2D eigenvalue weighted by atomic mass is 35.5. The topological polar surface area (TPSA) is 61.3 Å². The fourth-order valence-corrected chi connectivity index (χ4v) is 3.97. The molecule has 2 heterocycles. The van der Waals surface area contributed by atoms with E-state index in [2.05, 4.69) is 36.2 Å². The van der Waals surface area contributed by atoms with Crippen LogP contribution in [0, 0.1) is 0 Å². The Balaban J connectivity index is 1.62. The lowest BCUT2D eigenvalue weighted by Gasteiger charge is -2.31. The van der Waals surface area contributed by atoms with Crippen LogP contribution in [0.2, 0.25) is 5.02 Å². The predicted molar refractivity (Wildman–Crippen MR) is 127 cm³/mol. The van der Waals surface area contributed by atoms with Gasteiger partial charge in [0.1, 0.15) is 17.5 Å². The number of hydrogen-bond acceptors (Lipinski definition) is 5. The summed E-state index contributed by atoms with van der Waals surface area (Å²) in [6.45, 7) is 9.51. The Hall–Kier alpha value is -2.63. The van der Waals surface area contributed by atoms with Gasteiger partial charge in [0.05, 0.1) is 5.60 Å². The Bertz CT molecular complexity index is 1090. The van der Waals surface area contributed by atoms with E-state index < -0.39 is 5.60 Å². The minimum absolute atomic E-state index is 0.214. The smallest absolute Gasteiger partial charge is 0.136 e. The normalized spacial score (nSPS) is 14.0. The average molecular weight is 437 g/mol. The van der Waals surface area contributed by atoms with Gasteiger partial charge in [-0.05, 0) is 55.2 Å². The van der Waals surface area contributed by atoms with Gasteiger partial charge >= 0.3 is 0 Å². The molecule has 0 saturated carbocycles. The number of halogens is 1. The molecular weight excluding hydrogens is 408 g/mol. The first-order valence-electron chi connectivity index (χ1n) is 10.7. The molecule has 0 atom stereocenters. The van der Waals surface area contributed by atoms with Crippen molar-refractivity contribution in [1.29, 1.82) is 0 Å². The standard InChI is InChI=1S/C25H29ClN4O/c1-16(2)24-28-22(27-21-7-5-6-20(26)13-21)14-23(29-24)30-11-10-17-12-19(25(3,4)31)9-8-18(17)15-30/h5-9,12-14,16,31H,10-11,15H2,1-4H3,(H,27,28,29). The number of nitrogens with zero attached hydrogens (tertiary/aromatic N) is 3. The fraction of sp³-hybridized carbons (Fsp3) is 0.360. The van der Waals surface area contributed by atoms with Gasteiger partial charge in [-0.1, -0.05) is 49.7 Å². The minimum Gasteiger partial charge on any atom is -0.386 e. The molecule has 2 N–H and O–H groups in total. The summed E-state index contributed by atoms with van der Waals surface area (Å²) in [5.74, 6) is 2.70. The first-order chi connectivity index (χ1) is 14.7. The first kappa shape index (κ1) is 21.6. The molecule has 0 saturated heterocycles. The first-order valence-corrected chi connectivity index (χ1v) is 11.1. The second kappa shape index (κ2) is 8.48. The highest BCUT2D eigenvalue weighted by Crippen LogP contribution is 2.30. The number of anilines is 3. The Morgan fingerprint density at radius 2 is 1.87 bits per heavy atom. The lowest BCUT2D eigenvalue weighted by atomic mass is 9.91. The molecule has 0 amide bonds. The average Bonchev–Trinajstić information content (AvgIpc) is 2.72. The van der Waals surface area contributed by atoms with Crippen LogP contribution >= 0.6 is 11.6 Å². The molecule has 0 unspecified atom stereocenters. The van der Waals surface area contributed by atoms with Crippen LogP contribution in [-0.2, 0) is 18.6 Å². The molecule has 3 aromatic rings. The Labute approximate surface area is 189 Å². The van der Waals surface area contributed by atoms with E-state index in [1.165, 1.54) is 11.1 Å². The van der Waals surface area contributed by atoms with E-state index in [1.807, 2.05) is 50.2 Å². The van der Waals surface area contributed by atoms with Crippen LogP contribution in [-0.4, -0.2) is 21.6 Å². The molecule has 0 spiro atoms. The van der Waals surface area contributed by atoms with Gasteiger partial charge in [0.2, 0.25) is 0 Å². The number of rotatable bonds is 5. The molecule has 0 radical (unpaired) electrons. The van der Waals surface area contributed by atoms with Gasteiger partial charge in [0, 0.05) is 35.8 Å². The maximum atomic E-state index is 10.3. The molecule has 0 aliphatic carbocycles. The zero-order valence-electron chi connectivity index (χ0n) is 18.5. The molecule has 6 heteroatoms. The van der Waals surface area contributed by atoms with Crippen LogP contribution in [0.3, 0.4) is 0 Å². The van der Waals surface area contributed by atoms with Crippen molar-refractivity contribution in [3.05, 3.63) is 76.1 Å². The summed E-state index contributed by atoms with van der Waals surface area (Å²) in [5, 5.41) is 14.4. The van der Waals surface area contributed by atoms with Gasteiger partial charge in [-0.2, -0.15) is 0 Å². The van der Waals surface area contributed by atoms with Crippen molar-refractivity contribution in [3.63, 3.8) is 0 Å². The number of benzene rings is 2. The monoisotopic (exact) mass is 436 g/mol. The molecule has 31 heavy (non-hydrogen) atoms. The molecule has 5 nitrogen and oxygen atoms in total. The van der Waals surface area contributed by atoms with Crippen LogP contribution in [0.5, 0.6) is 0 Å². The largest absolute Gasteiger partial charge is 0.386 e. The molecule has 0 fully saturated rings. The Morgan fingerprint density at radius 3 is 2.58 bits per heavy atom. The van der Waals surface area contributed by atoms with Crippen LogP contribution in [0.4, 0.5) is 17.3 Å². The highest BCUT2D eigenvalue weighted by Gasteiger charge is 2.23. The van der Waals surface area contributed by atoms with E-state index in [0.717, 1.165) is 48.2 Å². The molecule has 2 aromatic carbocycles. The zero-order chi connectivity index (χ0) is 22.2. The van der Waals surface area contributed by atoms with Crippen molar-refractivity contribution in [2.45, 2.75) is 52.2 Å². The molecule has 1 aromatic heterocycles. The molecule has 1 aliphatic heterocycles. The van der Waals surface area contributed by atoms with Crippen molar-refractivity contribution >= 4 is 28.9 Å². The zero-order valence-corrected chi connectivity index (χ0v) is 19.2. The van der Waals surface area contributed by atoms with Crippen molar-refractivity contribution in [2.24, 2.45) is 0 Å². The maximum absolute atomic E-state index is 10.3. The Kier molecular flexibility index (Phi) is 5.91. The van der Waals surface area contributed by atoms with E-state index in [1.54, 1.807) is 0 Å². The summed E-state index contributed by atoms with van der Waals surface area (Å²) in [6.07, 6.45) is 0.914. The summed E-state index contributed by atoms with van der Waals surface area (Å²) < 4.78 is 0. The van der Waals surface area contributed by atoms with E-state index in [4.69, 9.17) is 21.6 Å². The van der Waals surface area contributed by atoms with Crippen molar-refractivity contribution in [1.82, 2.24) is 9.97 Å². The molecular formula is C25H29ClN4O. The lowest BCUT2D eigenvalue weighted by molar-refractivity contribution is 0.0785. The van der Waals surface area contributed by atoms with Crippen molar-refractivity contribution in [2.75, 3.05) is 16.8 Å². The van der Waals surface area contributed by atoms with E-state index in [9.17, 15) is 5.11 Å². The second-order valence-corrected chi connectivity index (χ2v) is 9.41. The second-order valence-electron chi connectivity index (χ2n) is 8.97. The third kappa shape index (κ3) is 5.00. The van der Waals surface area contributed by atoms with Crippen molar-refractivity contribution < 1.29 is 5.11 Å². The van der Waals surface area contributed by atoms with E-state index >= 15 is 0 Å². The van der Waals surface area contributed by atoms with Gasteiger partial charge in [-0.25, -0.2) is 9.97 Å². The summed E-state index contributed by atoms with van der Waals surface area (Å²) in [6, 6.07) is 15.9. The molecule has 1 aliphatic rings. The Morgan fingerprint density at radius 1 is 1.06 bits per heavy atom. The fourth-order valence-electron chi connectivity index (χ4n) is 3.78. The summed E-state index contributed by atoms with van der Waals surface area (Å²) in [7, 11) is 0. The molecule has 4 rings (SSSR count). The third-order valence-corrected chi connectivity index (χ3v) is 5.83. The van der Waals surface area contributed by atoms with Gasteiger partial charge in [-0.15, -0.1) is 0 Å². The van der Waals surface area contributed by atoms with Gasteiger partial charge in [0.25, 0.3) is 0 Å². The maximum Gasteiger partial charge on any atom is 0.136 e. The number of aromatic nitrogens is 2. The highest BCUT2D eigenvalue weighted by molar-refractivity contribution is 6.30. The summed E-state index contributed by atoms with van der Waals surface area (Å²) in [5.41, 5.74) is 3.60. The quantitative estimate of drug-likeness (QED) is 0.530. The van der Waals surface area contributed by atoms with Crippen LogP contribution in [0.25, 0.3) is 0 Å². The number of fused-ring (bicyclic) bond motifs is 1. The number of hydrogen-bond donors (Lipinski definition) is 2. The third-order valence-electron chi connectivity index (χ3n) is 5.59. The van der Waals surface area contributed by atoms with Crippen molar-refractivity contribution in [3.8, 4) is 0 Å². The molecule has 162 valence electrons. The van der Waals surface area contributed by atoms with Gasteiger partial charge in [-0.3, -0.25) is 0 Å².